The van der Waals surface area contributed by atoms with Crippen molar-refractivity contribution >= 4 is 33.4 Å². The van der Waals surface area contributed by atoms with E-state index in [9.17, 15) is 14.0 Å². The van der Waals surface area contributed by atoms with Gasteiger partial charge in [-0.05, 0) is 41.8 Å². The predicted molar refractivity (Wildman–Crippen MR) is 113 cm³/mol. The Kier molecular flexibility index (Phi) is 3.89. The second-order valence-electron chi connectivity index (χ2n) is 7.88. The monoisotopic (exact) mass is 435 g/mol. The van der Waals surface area contributed by atoms with E-state index >= 15 is 0 Å². The van der Waals surface area contributed by atoms with Crippen LogP contribution in [0, 0.1) is 5.82 Å². The Morgan fingerprint density at radius 1 is 1.16 bits per heavy atom. The third-order valence-electron chi connectivity index (χ3n) is 6.30. The molecule has 0 bridgehead atoms. The molecular weight excluding hydrogens is 417 g/mol. The summed E-state index contributed by atoms with van der Waals surface area (Å²) in [4.78, 5) is 31.5. The zero-order valence-corrected chi connectivity index (χ0v) is 17.3. The maximum absolute atomic E-state index is 13.8. The third kappa shape index (κ3) is 2.54. The second-order valence-corrected chi connectivity index (χ2v) is 8.77. The lowest BCUT2D eigenvalue weighted by molar-refractivity contribution is -0.140. The van der Waals surface area contributed by atoms with Crippen molar-refractivity contribution in [1.82, 2.24) is 14.4 Å². The quantitative estimate of drug-likeness (QED) is 0.492. The van der Waals surface area contributed by atoms with Gasteiger partial charge >= 0.3 is 0 Å². The van der Waals surface area contributed by atoms with Gasteiger partial charge in [0.25, 0.3) is 5.91 Å². The van der Waals surface area contributed by atoms with Crippen molar-refractivity contribution < 1.29 is 18.4 Å². The fraction of sp³-hybridized carbons (Fsp3) is 0.217. The molecule has 3 aromatic heterocycles. The molecule has 1 unspecified atom stereocenters. The average molecular weight is 435 g/mol. The molecule has 31 heavy (non-hydrogen) atoms. The Labute approximate surface area is 181 Å². The molecule has 0 spiro atoms. The van der Waals surface area contributed by atoms with Crippen LogP contribution in [-0.2, 0) is 23.4 Å². The number of carbonyl (C=O) groups excluding carboxylic acids is 2. The van der Waals surface area contributed by atoms with Crippen molar-refractivity contribution in [2.24, 2.45) is 0 Å². The molecule has 4 aromatic rings. The van der Waals surface area contributed by atoms with E-state index in [1.807, 2.05) is 22.1 Å². The third-order valence-corrected chi connectivity index (χ3v) is 7.25. The highest BCUT2D eigenvalue weighted by Crippen LogP contribution is 2.45. The highest BCUT2D eigenvalue weighted by Gasteiger charge is 2.56. The topological polar surface area (TPSA) is 58.7 Å². The van der Waals surface area contributed by atoms with E-state index in [-0.39, 0.29) is 24.1 Å². The van der Waals surface area contributed by atoms with Crippen LogP contribution < -0.4 is 0 Å². The minimum Gasteiger partial charge on any atom is -0.469 e. The van der Waals surface area contributed by atoms with Crippen LogP contribution in [0.1, 0.15) is 21.8 Å². The summed E-state index contributed by atoms with van der Waals surface area (Å²) in [6.07, 6.45) is 1.64. The number of hydrogen-bond donors (Lipinski definition) is 0. The van der Waals surface area contributed by atoms with Crippen LogP contribution in [0.25, 0.3) is 10.2 Å². The zero-order valence-electron chi connectivity index (χ0n) is 16.5. The van der Waals surface area contributed by atoms with Crippen molar-refractivity contribution in [3.8, 4) is 0 Å². The van der Waals surface area contributed by atoms with Crippen molar-refractivity contribution in [2.45, 2.75) is 18.6 Å². The highest BCUT2D eigenvalue weighted by molar-refractivity contribution is 7.16. The first-order valence-electron chi connectivity index (χ1n) is 10.1. The molecule has 1 saturated heterocycles. The van der Waals surface area contributed by atoms with Gasteiger partial charge in [0, 0.05) is 24.0 Å². The van der Waals surface area contributed by atoms with E-state index in [0.29, 0.717) is 31.1 Å². The number of thiophene rings is 1. The summed E-state index contributed by atoms with van der Waals surface area (Å²) in [7, 11) is 0. The number of furan rings is 1. The van der Waals surface area contributed by atoms with Gasteiger partial charge < -0.3 is 18.8 Å². The molecule has 0 N–H and O–H groups in total. The van der Waals surface area contributed by atoms with Crippen LogP contribution in [0.5, 0.6) is 0 Å². The van der Waals surface area contributed by atoms with E-state index in [4.69, 9.17) is 4.42 Å². The molecule has 1 fully saturated rings. The second kappa shape index (κ2) is 6.55. The van der Waals surface area contributed by atoms with Gasteiger partial charge in [-0.25, -0.2) is 4.39 Å². The number of fused-ring (bicyclic) bond motifs is 4. The van der Waals surface area contributed by atoms with Crippen LogP contribution in [-0.4, -0.2) is 39.3 Å². The fourth-order valence-electron chi connectivity index (χ4n) is 4.93. The molecule has 6 nitrogen and oxygen atoms in total. The molecule has 1 atom stereocenters. The van der Waals surface area contributed by atoms with Crippen LogP contribution >= 0.6 is 11.3 Å². The molecular formula is C23H18FN3O3S. The number of aromatic nitrogens is 1. The summed E-state index contributed by atoms with van der Waals surface area (Å²) in [5.74, 6) is -0.0374. The predicted octanol–water partition coefficient (Wildman–Crippen LogP) is 3.83. The van der Waals surface area contributed by atoms with E-state index in [1.165, 1.54) is 12.1 Å². The lowest BCUT2D eigenvalue weighted by atomic mass is 9.94. The van der Waals surface area contributed by atoms with Gasteiger partial charge in [0.15, 0.2) is 5.66 Å². The summed E-state index contributed by atoms with van der Waals surface area (Å²) < 4.78 is 21.1. The van der Waals surface area contributed by atoms with Gasteiger partial charge in [-0.1, -0.05) is 12.1 Å². The van der Waals surface area contributed by atoms with Crippen LogP contribution in [0.15, 0.2) is 64.6 Å². The van der Waals surface area contributed by atoms with Gasteiger partial charge in [0.05, 0.1) is 19.2 Å². The first-order valence-corrected chi connectivity index (χ1v) is 10.9. The standard InChI is InChI=1S/C23H18FN3O3S/c24-17-5-3-16(4-6-17)23-14-25-19(12-15-7-11-31-22(15)25)21(29)27(23)9-8-26(23)20(28)13-18-2-1-10-30-18/h1-7,10-12H,8-9,13-14H2. The first kappa shape index (κ1) is 18.4. The van der Waals surface area contributed by atoms with E-state index in [0.717, 1.165) is 15.8 Å². The summed E-state index contributed by atoms with van der Waals surface area (Å²) in [5, 5.41) is 3.01. The van der Waals surface area contributed by atoms with Crippen molar-refractivity contribution in [3.63, 3.8) is 0 Å². The lowest BCUT2D eigenvalue weighted by Crippen LogP contribution is -2.60. The average Bonchev–Trinajstić information content (AvgIpc) is 3.53. The van der Waals surface area contributed by atoms with Crippen molar-refractivity contribution in [1.29, 1.82) is 0 Å². The highest BCUT2D eigenvalue weighted by atomic mass is 32.1. The number of rotatable bonds is 3. The summed E-state index contributed by atoms with van der Waals surface area (Å²) in [5.41, 5.74) is 0.328. The summed E-state index contributed by atoms with van der Waals surface area (Å²) in [6, 6.07) is 13.5. The van der Waals surface area contributed by atoms with Gasteiger partial charge in [-0.2, -0.15) is 0 Å². The number of nitrogens with zero attached hydrogens (tertiary/aromatic N) is 3. The number of halogens is 1. The molecule has 8 heteroatoms. The molecule has 156 valence electrons. The Morgan fingerprint density at radius 3 is 2.77 bits per heavy atom. The number of hydrogen-bond acceptors (Lipinski definition) is 4. The number of benzene rings is 1. The van der Waals surface area contributed by atoms with Gasteiger partial charge in [-0.3, -0.25) is 9.59 Å². The van der Waals surface area contributed by atoms with E-state index in [1.54, 1.807) is 51.7 Å². The normalized spacial score (nSPS) is 20.4. The number of carbonyl (C=O) groups is 2. The maximum Gasteiger partial charge on any atom is 0.272 e. The zero-order chi connectivity index (χ0) is 21.2. The van der Waals surface area contributed by atoms with Crippen LogP contribution in [0.3, 0.4) is 0 Å². The first-order chi connectivity index (χ1) is 15.1. The smallest absolute Gasteiger partial charge is 0.272 e. The molecule has 0 aliphatic carbocycles. The summed E-state index contributed by atoms with van der Waals surface area (Å²) in [6.45, 7) is 1.22. The van der Waals surface area contributed by atoms with E-state index < -0.39 is 5.66 Å². The van der Waals surface area contributed by atoms with Gasteiger partial charge in [-0.15, -0.1) is 11.3 Å². The summed E-state index contributed by atoms with van der Waals surface area (Å²) >= 11 is 1.57. The Morgan fingerprint density at radius 2 is 2.00 bits per heavy atom. The van der Waals surface area contributed by atoms with Crippen molar-refractivity contribution in [2.75, 3.05) is 13.1 Å². The van der Waals surface area contributed by atoms with Crippen LogP contribution in [0.4, 0.5) is 4.39 Å². The molecule has 2 amide bonds. The molecule has 2 aliphatic heterocycles. The molecule has 5 heterocycles. The maximum atomic E-state index is 13.8. The molecule has 6 rings (SSSR count). The lowest BCUT2D eigenvalue weighted by Gasteiger charge is -2.47. The Balaban J connectivity index is 1.52. The fourth-order valence-corrected chi connectivity index (χ4v) is 5.83. The minimum absolute atomic E-state index is 0.102. The van der Waals surface area contributed by atoms with E-state index in [2.05, 4.69) is 0 Å². The van der Waals surface area contributed by atoms with Crippen molar-refractivity contribution in [3.05, 3.63) is 83.0 Å². The largest absolute Gasteiger partial charge is 0.469 e. The molecule has 1 aromatic carbocycles. The Bertz CT molecular complexity index is 1310. The minimum atomic E-state index is -1.02. The molecule has 0 saturated carbocycles. The number of amides is 2. The van der Waals surface area contributed by atoms with Crippen LogP contribution in [0.2, 0.25) is 0 Å². The van der Waals surface area contributed by atoms with Gasteiger partial charge in [0.1, 0.15) is 22.1 Å². The van der Waals surface area contributed by atoms with Gasteiger partial charge in [0.2, 0.25) is 5.91 Å². The SMILES string of the molecule is O=C(Cc1ccco1)N1CCN2C(=O)c3cc4ccsc4n3CC12c1ccc(F)cc1. The molecule has 2 aliphatic rings. The molecule has 0 radical (unpaired) electrons. The Hall–Kier alpha value is -3.39.